The molecule has 2 aliphatic heterocycles. The maximum atomic E-state index is 12.8. The van der Waals surface area contributed by atoms with Crippen molar-refractivity contribution in [2.24, 2.45) is 0 Å². The third kappa shape index (κ3) is 2.41. The van der Waals surface area contributed by atoms with Crippen LogP contribution < -0.4 is 0 Å². The van der Waals surface area contributed by atoms with Gasteiger partial charge in [0.2, 0.25) is 15.8 Å². The smallest absolute Gasteiger partial charge is 0.371 e. The minimum absolute atomic E-state index is 0.106. The number of aromatic carboxylic acids is 1. The first-order valence-corrected chi connectivity index (χ1v) is 8.78. The molecule has 0 spiro atoms. The average molecular weight is 380 g/mol. The van der Waals surface area contributed by atoms with Crippen LogP contribution in [0.4, 0.5) is 0 Å². The number of carboxylic acids is 1. The monoisotopic (exact) mass is 379 g/mol. The number of rotatable bonds is 3. The van der Waals surface area contributed by atoms with Crippen molar-refractivity contribution in [1.82, 2.24) is 4.31 Å². The zero-order chi connectivity index (χ0) is 15.4. The van der Waals surface area contributed by atoms with Gasteiger partial charge in [0.1, 0.15) is 4.90 Å². The fourth-order valence-electron chi connectivity index (χ4n) is 3.24. The molecule has 0 aromatic carbocycles. The van der Waals surface area contributed by atoms with Crippen LogP contribution in [0.3, 0.4) is 0 Å². The summed E-state index contributed by atoms with van der Waals surface area (Å²) >= 11 is 2.97. The number of hydrogen-bond acceptors (Lipinski definition) is 5. The third-order valence-electron chi connectivity index (χ3n) is 4.06. The van der Waals surface area contributed by atoms with Gasteiger partial charge in [-0.05, 0) is 41.6 Å². The maximum Gasteiger partial charge on any atom is 0.371 e. The van der Waals surface area contributed by atoms with Crippen LogP contribution in [-0.2, 0) is 10.0 Å². The highest BCUT2D eigenvalue weighted by Gasteiger charge is 2.48. The van der Waals surface area contributed by atoms with Crippen molar-refractivity contribution in [3.63, 3.8) is 0 Å². The first-order chi connectivity index (χ1) is 9.80. The Morgan fingerprint density at radius 2 is 1.90 bits per heavy atom. The minimum atomic E-state index is -3.85. The van der Waals surface area contributed by atoms with Crippen LogP contribution in [0.25, 0.3) is 0 Å². The third-order valence-corrected chi connectivity index (χ3v) is 6.92. The largest absolute Gasteiger partial charge is 0.475 e. The quantitative estimate of drug-likeness (QED) is 0.821. The van der Waals surface area contributed by atoms with Gasteiger partial charge in [-0.2, -0.15) is 4.31 Å². The van der Waals surface area contributed by atoms with E-state index in [-0.39, 0.29) is 21.6 Å². The molecule has 0 saturated carbocycles. The highest BCUT2D eigenvalue weighted by Crippen LogP contribution is 2.41. The summed E-state index contributed by atoms with van der Waals surface area (Å²) in [6.45, 7) is 0. The van der Waals surface area contributed by atoms with Crippen molar-refractivity contribution in [3.05, 3.63) is 16.5 Å². The molecule has 3 heterocycles. The number of fused-ring (bicyclic) bond motifs is 2. The molecule has 21 heavy (non-hydrogen) atoms. The van der Waals surface area contributed by atoms with Crippen LogP contribution in [0, 0.1) is 0 Å². The summed E-state index contributed by atoms with van der Waals surface area (Å²) in [6, 6.07) is 0.546. The second kappa shape index (κ2) is 5.08. The summed E-state index contributed by atoms with van der Waals surface area (Å²) in [7, 11) is -3.85. The number of nitrogens with zero attached hydrogens (tertiary/aromatic N) is 1. The molecule has 2 N–H and O–H groups in total. The van der Waals surface area contributed by atoms with Gasteiger partial charge in [0, 0.05) is 18.2 Å². The molecule has 7 nitrogen and oxygen atoms in total. The van der Waals surface area contributed by atoms with E-state index in [0.29, 0.717) is 25.7 Å². The molecule has 2 unspecified atom stereocenters. The number of halogens is 1. The van der Waals surface area contributed by atoms with E-state index >= 15 is 0 Å². The summed E-state index contributed by atoms with van der Waals surface area (Å²) < 4.78 is 31.8. The average Bonchev–Trinajstić information content (AvgIpc) is 2.90. The Balaban J connectivity index is 2.00. The number of carbonyl (C=O) groups is 1. The van der Waals surface area contributed by atoms with E-state index in [0.717, 1.165) is 6.07 Å². The van der Waals surface area contributed by atoms with Crippen LogP contribution in [0.1, 0.15) is 36.2 Å². The van der Waals surface area contributed by atoms with E-state index in [1.54, 1.807) is 0 Å². The normalized spacial score (nSPS) is 29.7. The van der Waals surface area contributed by atoms with Crippen molar-refractivity contribution in [2.45, 2.75) is 48.8 Å². The second-order valence-corrected chi connectivity index (χ2v) is 7.93. The summed E-state index contributed by atoms with van der Waals surface area (Å²) in [4.78, 5) is 10.7. The second-order valence-electron chi connectivity index (χ2n) is 5.40. The lowest BCUT2D eigenvalue weighted by Crippen LogP contribution is -2.47. The van der Waals surface area contributed by atoms with Gasteiger partial charge >= 0.3 is 5.97 Å². The SMILES string of the molecule is O=C(O)c1cc(S(=O)(=O)N2C3CCC2CC(O)C3)c(Br)o1. The van der Waals surface area contributed by atoms with Gasteiger partial charge in [0.25, 0.3) is 0 Å². The molecule has 116 valence electrons. The molecule has 2 bridgehead atoms. The Bertz CT molecular complexity index is 670. The molecule has 0 aliphatic carbocycles. The zero-order valence-electron chi connectivity index (χ0n) is 10.9. The first-order valence-electron chi connectivity index (χ1n) is 6.55. The number of furan rings is 1. The van der Waals surface area contributed by atoms with E-state index in [1.165, 1.54) is 4.31 Å². The molecule has 1 aromatic rings. The predicted molar refractivity (Wildman–Crippen MR) is 74.4 cm³/mol. The van der Waals surface area contributed by atoms with Crippen LogP contribution in [0.2, 0.25) is 0 Å². The van der Waals surface area contributed by atoms with Gasteiger partial charge in [-0.15, -0.1) is 0 Å². The lowest BCUT2D eigenvalue weighted by atomic mass is 10.0. The molecule has 0 radical (unpaired) electrons. The molecule has 2 fully saturated rings. The van der Waals surface area contributed by atoms with E-state index < -0.39 is 27.9 Å². The van der Waals surface area contributed by atoms with Crippen LogP contribution in [-0.4, -0.2) is 47.1 Å². The van der Waals surface area contributed by atoms with E-state index in [1.807, 2.05) is 0 Å². The van der Waals surface area contributed by atoms with Crippen LogP contribution in [0.5, 0.6) is 0 Å². The van der Waals surface area contributed by atoms with E-state index in [9.17, 15) is 18.3 Å². The van der Waals surface area contributed by atoms with Gasteiger partial charge in [-0.3, -0.25) is 0 Å². The van der Waals surface area contributed by atoms with Gasteiger partial charge in [0.15, 0.2) is 4.67 Å². The highest BCUT2D eigenvalue weighted by atomic mass is 79.9. The van der Waals surface area contributed by atoms with Crippen molar-refractivity contribution < 1.29 is 27.8 Å². The first kappa shape index (κ1) is 15.0. The number of carboxylic acid groups (broad SMARTS) is 1. The van der Waals surface area contributed by atoms with Crippen molar-refractivity contribution in [3.8, 4) is 0 Å². The number of piperidine rings is 1. The molecular formula is C12H14BrNO6S. The number of aliphatic hydroxyl groups excluding tert-OH is 1. The highest BCUT2D eigenvalue weighted by molar-refractivity contribution is 9.10. The van der Waals surface area contributed by atoms with Crippen LogP contribution >= 0.6 is 15.9 Å². The molecule has 3 rings (SSSR count). The summed E-state index contributed by atoms with van der Waals surface area (Å²) in [6.07, 6.45) is 1.77. The number of sulfonamides is 1. The zero-order valence-corrected chi connectivity index (χ0v) is 13.3. The van der Waals surface area contributed by atoms with Crippen molar-refractivity contribution in [2.75, 3.05) is 0 Å². The van der Waals surface area contributed by atoms with Gasteiger partial charge in [-0.25, -0.2) is 13.2 Å². The molecule has 2 atom stereocenters. The summed E-state index contributed by atoms with van der Waals surface area (Å²) in [5, 5.41) is 18.6. The molecule has 2 saturated heterocycles. The van der Waals surface area contributed by atoms with Crippen molar-refractivity contribution in [1.29, 1.82) is 0 Å². The lowest BCUT2D eigenvalue weighted by molar-refractivity contribution is 0.0660. The minimum Gasteiger partial charge on any atom is -0.475 e. The Morgan fingerprint density at radius 3 is 2.38 bits per heavy atom. The van der Waals surface area contributed by atoms with Gasteiger partial charge in [0.05, 0.1) is 6.10 Å². The Labute approximate surface area is 129 Å². The van der Waals surface area contributed by atoms with Gasteiger partial charge in [-0.1, -0.05) is 0 Å². The Kier molecular flexibility index (Phi) is 3.63. The fraction of sp³-hybridized carbons (Fsp3) is 0.583. The van der Waals surface area contributed by atoms with Crippen LogP contribution in [0.15, 0.2) is 20.0 Å². The molecule has 1 aromatic heterocycles. The molecule has 0 amide bonds. The van der Waals surface area contributed by atoms with Crippen molar-refractivity contribution >= 4 is 31.9 Å². The predicted octanol–water partition coefficient (Wildman–Crippen LogP) is 1.42. The Morgan fingerprint density at radius 1 is 1.33 bits per heavy atom. The van der Waals surface area contributed by atoms with E-state index in [2.05, 4.69) is 15.9 Å². The topological polar surface area (TPSA) is 108 Å². The molecule has 2 aliphatic rings. The fourth-order valence-corrected chi connectivity index (χ4v) is 6.04. The van der Waals surface area contributed by atoms with E-state index in [4.69, 9.17) is 9.52 Å². The standard InChI is InChI=1S/C12H14BrNO6S/c13-11-10(5-9(20-11)12(16)17)21(18,19)14-6-1-2-7(14)4-8(15)3-6/h5-8,15H,1-4H2,(H,16,17). The maximum absolute atomic E-state index is 12.8. The van der Waals surface area contributed by atoms with Gasteiger partial charge < -0.3 is 14.6 Å². The lowest BCUT2D eigenvalue weighted by Gasteiger charge is -2.35. The number of hydrogen-bond donors (Lipinski definition) is 2. The molecular weight excluding hydrogens is 366 g/mol. The summed E-state index contributed by atoms with van der Waals surface area (Å²) in [5.74, 6) is -1.75. The Hall–Kier alpha value is -0.900. The molecule has 9 heteroatoms. The summed E-state index contributed by atoms with van der Waals surface area (Å²) in [5.41, 5.74) is 0. The number of aliphatic hydroxyl groups is 1.